The van der Waals surface area contributed by atoms with Crippen LogP contribution in [-0.2, 0) is 22.6 Å². The van der Waals surface area contributed by atoms with Crippen molar-refractivity contribution in [2.24, 2.45) is 5.92 Å². The summed E-state index contributed by atoms with van der Waals surface area (Å²) in [5.41, 5.74) is 3.10. The van der Waals surface area contributed by atoms with E-state index in [9.17, 15) is 9.59 Å². The fourth-order valence-electron chi connectivity index (χ4n) is 3.61. The van der Waals surface area contributed by atoms with Crippen LogP contribution in [0, 0.1) is 12.8 Å². The molecule has 8 nitrogen and oxygen atoms in total. The van der Waals surface area contributed by atoms with Gasteiger partial charge in [-0.05, 0) is 38.5 Å². The Balaban J connectivity index is 1.36. The van der Waals surface area contributed by atoms with Gasteiger partial charge in [-0.3, -0.25) is 14.3 Å². The van der Waals surface area contributed by atoms with Crippen LogP contribution < -0.4 is 5.32 Å². The Kier molecular flexibility index (Phi) is 5.27. The molecular weight excluding hydrogens is 392 g/mol. The number of halogens is 1. The van der Waals surface area contributed by atoms with Gasteiger partial charge >= 0.3 is 0 Å². The van der Waals surface area contributed by atoms with Gasteiger partial charge < -0.3 is 15.2 Å². The van der Waals surface area contributed by atoms with Gasteiger partial charge in [-0.2, -0.15) is 5.10 Å². The molecule has 0 saturated carbocycles. The van der Waals surface area contributed by atoms with Gasteiger partial charge in [0.2, 0.25) is 11.8 Å². The average molecular weight is 415 g/mol. The molecule has 152 valence electrons. The maximum absolute atomic E-state index is 12.7. The number of aromatic amines is 1. The van der Waals surface area contributed by atoms with Gasteiger partial charge in [0.15, 0.2) is 0 Å². The zero-order valence-corrected chi connectivity index (χ0v) is 17.2. The molecule has 3 aromatic rings. The van der Waals surface area contributed by atoms with Crippen LogP contribution in [0.2, 0.25) is 5.02 Å². The van der Waals surface area contributed by atoms with Crippen LogP contribution in [0.4, 0.5) is 5.69 Å². The fraction of sp³-hybridized carbons (Fsp3) is 0.400. The largest absolute Gasteiger partial charge is 0.342 e. The Hall–Kier alpha value is -2.87. The summed E-state index contributed by atoms with van der Waals surface area (Å²) in [5, 5.41) is 7.91. The zero-order chi connectivity index (χ0) is 20.5. The molecule has 4 rings (SSSR count). The van der Waals surface area contributed by atoms with E-state index in [2.05, 4.69) is 20.4 Å². The molecule has 1 aliphatic rings. The van der Waals surface area contributed by atoms with Crippen molar-refractivity contribution in [1.82, 2.24) is 24.6 Å². The molecule has 1 aliphatic heterocycles. The van der Waals surface area contributed by atoms with Crippen LogP contribution in [0.1, 0.15) is 24.9 Å². The lowest BCUT2D eigenvalue weighted by atomic mass is 10.1. The molecule has 1 unspecified atom stereocenters. The molecule has 0 aliphatic carbocycles. The predicted molar refractivity (Wildman–Crippen MR) is 111 cm³/mol. The number of rotatable bonds is 5. The number of H-pyrrole nitrogens is 1. The second kappa shape index (κ2) is 7.87. The molecule has 29 heavy (non-hydrogen) atoms. The normalized spacial score (nSPS) is 16.5. The van der Waals surface area contributed by atoms with Crippen molar-refractivity contribution in [2.75, 3.05) is 18.4 Å². The standard InChI is InChI=1S/C20H23ClN6O2/c1-3-27-11-17(12(2)25-27)24-20(29)13-6-7-26(10-13)19(28)9-18-22-15-5-4-14(21)8-16(15)23-18/h4-5,8,11,13H,3,6-7,9-10H2,1-2H3,(H,22,23)(H,24,29). The monoisotopic (exact) mass is 414 g/mol. The number of benzene rings is 1. The third-order valence-electron chi connectivity index (χ3n) is 5.25. The fourth-order valence-corrected chi connectivity index (χ4v) is 3.78. The number of carbonyl (C=O) groups excluding carboxylic acids is 2. The molecule has 3 heterocycles. The summed E-state index contributed by atoms with van der Waals surface area (Å²) < 4.78 is 1.79. The van der Waals surface area contributed by atoms with Crippen molar-refractivity contribution in [3.05, 3.63) is 40.9 Å². The Labute approximate surface area is 173 Å². The van der Waals surface area contributed by atoms with Crippen molar-refractivity contribution in [3.8, 4) is 0 Å². The molecule has 2 aromatic heterocycles. The number of nitrogens with one attached hydrogen (secondary N) is 2. The minimum atomic E-state index is -0.224. The number of hydrogen-bond donors (Lipinski definition) is 2. The molecule has 1 aromatic carbocycles. The molecule has 9 heteroatoms. The molecule has 1 saturated heterocycles. The Morgan fingerprint density at radius 2 is 2.21 bits per heavy atom. The minimum absolute atomic E-state index is 0.0413. The lowest BCUT2D eigenvalue weighted by Gasteiger charge is -2.15. The van der Waals surface area contributed by atoms with E-state index in [0.29, 0.717) is 30.4 Å². The summed E-state index contributed by atoms with van der Waals surface area (Å²) >= 11 is 5.99. The Bertz CT molecular complexity index is 1070. The number of carbonyl (C=O) groups is 2. The third kappa shape index (κ3) is 4.12. The van der Waals surface area contributed by atoms with E-state index in [1.54, 1.807) is 21.7 Å². The van der Waals surface area contributed by atoms with Crippen LogP contribution in [0.5, 0.6) is 0 Å². The summed E-state index contributed by atoms with van der Waals surface area (Å²) in [6.07, 6.45) is 2.65. The second-order valence-corrected chi connectivity index (χ2v) is 7.76. The summed E-state index contributed by atoms with van der Waals surface area (Å²) in [4.78, 5) is 34.6. The smallest absolute Gasteiger partial charge is 0.230 e. The quantitative estimate of drug-likeness (QED) is 0.671. The second-order valence-electron chi connectivity index (χ2n) is 7.32. The molecule has 0 bridgehead atoms. The highest BCUT2D eigenvalue weighted by Gasteiger charge is 2.31. The highest BCUT2D eigenvalue weighted by Crippen LogP contribution is 2.22. The molecule has 1 atom stereocenters. The average Bonchev–Trinajstić information content (AvgIpc) is 3.40. The highest BCUT2D eigenvalue weighted by atomic mass is 35.5. The number of likely N-dealkylation sites (tertiary alicyclic amines) is 1. The third-order valence-corrected chi connectivity index (χ3v) is 5.49. The number of amides is 2. The van der Waals surface area contributed by atoms with E-state index in [0.717, 1.165) is 29.0 Å². The summed E-state index contributed by atoms with van der Waals surface area (Å²) in [7, 11) is 0. The Morgan fingerprint density at radius 3 is 2.97 bits per heavy atom. The molecular formula is C20H23ClN6O2. The van der Waals surface area contributed by atoms with Gasteiger partial charge in [0.1, 0.15) is 5.82 Å². The topological polar surface area (TPSA) is 95.9 Å². The first-order valence-electron chi connectivity index (χ1n) is 9.69. The Morgan fingerprint density at radius 1 is 1.38 bits per heavy atom. The van der Waals surface area contributed by atoms with Crippen LogP contribution in [0.15, 0.2) is 24.4 Å². The van der Waals surface area contributed by atoms with Crippen molar-refractivity contribution < 1.29 is 9.59 Å². The molecule has 0 radical (unpaired) electrons. The predicted octanol–water partition coefficient (Wildman–Crippen LogP) is 2.77. The van der Waals surface area contributed by atoms with E-state index in [1.165, 1.54) is 0 Å². The number of imidazole rings is 1. The molecule has 1 fully saturated rings. The number of anilines is 1. The summed E-state index contributed by atoms with van der Waals surface area (Å²) in [6, 6.07) is 5.38. The summed E-state index contributed by atoms with van der Waals surface area (Å²) in [6.45, 7) is 5.59. The van der Waals surface area contributed by atoms with Gasteiger partial charge in [-0.15, -0.1) is 0 Å². The number of aromatic nitrogens is 4. The van der Waals surface area contributed by atoms with Gasteiger partial charge in [-0.25, -0.2) is 4.98 Å². The van der Waals surface area contributed by atoms with Gasteiger partial charge in [-0.1, -0.05) is 11.6 Å². The van der Waals surface area contributed by atoms with Crippen molar-refractivity contribution in [3.63, 3.8) is 0 Å². The van der Waals surface area contributed by atoms with Crippen LogP contribution in [0.3, 0.4) is 0 Å². The SMILES string of the molecule is CCn1cc(NC(=O)C2CCN(C(=O)Cc3nc4ccc(Cl)cc4[nH]3)C2)c(C)n1. The minimum Gasteiger partial charge on any atom is -0.342 e. The number of nitrogens with zero attached hydrogens (tertiary/aromatic N) is 4. The maximum atomic E-state index is 12.7. The number of fused-ring (bicyclic) bond motifs is 1. The lowest BCUT2D eigenvalue weighted by molar-refractivity contribution is -0.129. The first-order chi connectivity index (χ1) is 13.9. The number of aryl methyl sites for hydroxylation is 2. The van der Waals surface area contributed by atoms with E-state index in [4.69, 9.17) is 11.6 Å². The number of hydrogen-bond acceptors (Lipinski definition) is 4. The van der Waals surface area contributed by atoms with Crippen molar-refractivity contribution >= 4 is 40.1 Å². The van der Waals surface area contributed by atoms with E-state index >= 15 is 0 Å². The summed E-state index contributed by atoms with van der Waals surface area (Å²) in [5.74, 6) is 0.262. The van der Waals surface area contributed by atoms with Crippen LogP contribution >= 0.6 is 11.6 Å². The van der Waals surface area contributed by atoms with E-state index in [1.807, 2.05) is 26.1 Å². The van der Waals surface area contributed by atoms with Crippen LogP contribution in [0.25, 0.3) is 11.0 Å². The first kappa shape index (κ1) is 19.4. The molecule has 2 N–H and O–H groups in total. The van der Waals surface area contributed by atoms with E-state index in [-0.39, 0.29) is 24.2 Å². The lowest BCUT2D eigenvalue weighted by Crippen LogP contribution is -2.32. The van der Waals surface area contributed by atoms with Gasteiger partial charge in [0.05, 0.1) is 34.8 Å². The zero-order valence-electron chi connectivity index (χ0n) is 16.4. The van der Waals surface area contributed by atoms with Crippen molar-refractivity contribution in [1.29, 1.82) is 0 Å². The molecule has 2 amide bonds. The highest BCUT2D eigenvalue weighted by molar-refractivity contribution is 6.31. The van der Waals surface area contributed by atoms with Gasteiger partial charge in [0, 0.05) is 30.9 Å². The maximum Gasteiger partial charge on any atom is 0.230 e. The first-order valence-corrected chi connectivity index (χ1v) is 10.1. The molecule has 0 spiro atoms. The van der Waals surface area contributed by atoms with Gasteiger partial charge in [0.25, 0.3) is 0 Å². The van der Waals surface area contributed by atoms with E-state index < -0.39 is 0 Å². The van der Waals surface area contributed by atoms with Crippen molar-refractivity contribution in [2.45, 2.75) is 33.2 Å². The van der Waals surface area contributed by atoms with Crippen LogP contribution in [-0.4, -0.2) is 49.6 Å².